The van der Waals surface area contributed by atoms with Gasteiger partial charge in [-0.05, 0) is 19.3 Å². The first-order valence-corrected chi connectivity index (χ1v) is 8.34. The maximum Gasteiger partial charge on any atom is 0.300 e. The van der Waals surface area contributed by atoms with Crippen LogP contribution in [-0.2, 0) is 0 Å². The molecule has 0 aliphatic carbocycles. The fraction of sp³-hybridized carbons (Fsp3) is 0.938. The van der Waals surface area contributed by atoms with Crippen LogP contribution in [0.3, 0.4) is 0 Å². The van der Waals surface area contributed by atoms with Gasteiger partial charge in [-0.1, -0.05) is 26.7 Å². The lowest BCUT2D eigenvalue weighted by Gasteiger charge is -2.46. The molecule has 0 N–H and O–H groups in total. The molecule has 0 aromatic carbocycles. The van der Waals surface area contributed by atoms with Crippen LogP contribution < -0.4 is 17.0 Å². The Morgan fingerprint density at radius 1 is 1.25 bits per heavy atom. The Bertz CT molecular complexity index is 319. The summed E-state index contributed by atoms with van der Waals surface area (Å²) in [7, 11) is 2.42. The highest BCUT2D eigenvalue weighted by atomic mass is 79.9. The molecular weight excluding hydrogens is 314 g/mol. The molecule has 2 atom stereocenters. The first kappa shape index (κ1) is 18.0. The molecular formula is C16H32BrN3. The van der Waals surface area contributed by atoms with Gasteiger partial charge < -0.3 is 21.9 Å². The first-order chi connectivity index (χ1) is 9.19. The Labute approximate surface area is 135 Å². The number of hydrogen-bond acceptors (Lipinski definition) is 2. The van der Waals surface area contributed by atoms with Gasteiger partial charge in [0.25, 0.3) is 5.96 Å². The van der Waals surface area contributed by atoms with Crippen molar-refractivity contribution in [1.29, 1.82) is 0 Å². The normalized spacial score (nSPS) is 27.4. The van der Waals surface area contributed by atoms with Gasteiger partial charge in [-0.3, -0.25) is 4.48 Å². The van der Waals surface area contributed by atoms with Crippen molar-refractivity contribution in [2.45, 2.75) is 52.4 Å². The highest BCUT2D eigenvalue weighted by Gasteiger charge is 2.39. The van der Waals surface area contributed by atoms with Crippen LogP contribution in [0, 0.1) is 5.92 Å². The van der Waals surface area contributed by atoms with Crippen LogP contribution in [0.4, 0.5) is 0 Å². The lowest BCUT2D eigenvalue weighted by molar-refractivity contribution is -0.835. The molecule has 1 fully saturated rings. The summed E-state index contributed by atoms with van der Waals surface area (Å²) in [4.78, 5) is 7.44. The summed E-state index contributed by atoms with van der Waals surface area (Å²) in [5.41, 5.74) is 0. The van der Waals surface area contributed by atoms with Crippen molar-refractivity contribution in [3.05, 3.63) is 0 Å². The largest absolute Gasteiger partial charge is 1.00 e. The van der Waals surface area contributed by atoms with Gasteiger partial charge in [0.2, 0.25) is 0 Å². The van der Waals surface area contributed by atoms with Gasteiger partial charge in [0.15, 0.2) is 0 Å². The molecule has 2 aliphatic rings. The molecule has 0 aromatic heterocycles. The predicted molar refractivity (Wildman–Crippen MR) is 82.3 cm³/mol. The fourth-order valence-electron chi connectivity index (χ4n) is 3.74. The second kappa shape index (κ2) is 8.38. The van der Waals surface area contributed by atoms with E-state index in [0.717, 1.165) is 16.9 Å². The summed E-state index contributed by atoms with van der Waals surface area (Å²) >= 11 is 0. The van der Waals surface area contributed by atoms with E-state index >= 15 is 0 Å². The third-order valence-corrected chi connectivity index (χ3v) is 4.89. The average Bonchev–Trinajstić information content (AvgIpc) is 2.44. The summed E-state index contributed by atoms with van der Waals surface area (Å²) in [6.07, 6.45) is 8.01. The molecule has 1 saturated heterocycles. The topological polar surface area (TPSA) is 15.6 Å². The molecule has 2 rings (SSSR count). The molecule has 3 nitrogen and oxygen atoms in total. The number of halogens is 1. The molecule has 2 aliphatic heterocycles. The lowest BCUT2D eigenvalue weighted by Crippen LogP contribution is -3.00. The van der Waals surface area contributed by atoms with Gasteiger partial charge in [-0.25, -0.2) is 4.99 Å². The van der Waals surface area contributed by atoms with Gasteiger partial charge in [0.05, 0.1) is 20.1 Å². The maximum atomic E-state index is 4.89. The summed E-state index contributed by atoms with van der Waals surface area (Å²) in [5, 5.41) is 0. The van der Waals surface area contributed by atoms with E-state index in [1.54, 1.807) is 0 Å². The van der Waals surface area contributed by atoms with Gasteiger partial charge >= 0.3 is 0 Å². The Hall–Kier alpha value is -0.0900. The van der Waals surface area contributed by atoms with Gasteiger partial charge in [-0.2, -0.15) is 0 Å². The fourth-order valence-corrected chi connectivity index (χ4v) is 3.74. The number of guanidine groups is 1. The monoisotopic (exact) mass is 345 g/mol. The van der Waals surface area contributed by atoms with E-state index in [2.05, 4.69) is 25.8 Å². The zero-order valence-corrected chi connectivity index (χ0v) is 15.2. The summed E-state index contributed by atoms with van der Waals surface area (Å²) < 4.78 is 1.10. The first-order valence-electron chi connectivity index (χ1n) is 8.34. The summed E-state index contributed by atoms with van der Waals surface area (Å²) in [6.45, 7) is 10.8. The minimum Gasteiger partial charge on any atom is -1.00 e. The van der Waals surface area contributed by atoms with Crippen LogP contribution in [0.1, 0.15) is 52.4 Å². The SMILES string of the molecule is CCCCC(CC)C[N+]1(C)CCCN2CCCN=C21.[Br-]. The van der Waals surface area contributed by atoms with E-state index in [-0.39, 0.29) is 17.0 Å². The Morgan fingerprint density at radius 2 is 2.00 bits per heavy atom. The van der Waals surface area contributed by atoms with Crippen LogP contribution in [0.15, 0.2) is 4.99 Å². The van der Waals surface area contributed by atoms with Crippen molar-refractivity contribution in [3.63, 3.8) is 0 Å². The van der Waals surface area contributed by atoms with Crippen molar-refractivity contribution in [2.75, 3.05) is 39.8 Å². The zero-order chi connectivity index (χ0) is 13.7. The van der Waals surface area contributed by atoms with E-state index in [0.29, 0.717) is 0 Å². The predicted octanol–water partition coefficient (Wildman–Crippen LogP) is 0.119. The minimum atomic E-state index is 0. The standard InChI is InChI=1S/C16H32N3.BrH/c1-4-6-9-15(5-2)14-19(3)13-8-12-18-11-7-10-17-16(18)19;/h15H,4-14H2,1-3H3;1H/q+1;/p-1. The van der Waals surface area contributed by atoms with Crippen LogP contribution in [0.25, 0.3) is 0 Å². The van der Waals surface area contributed by atoms with E-state index in [4.69, 9.17) is 4.99 Å². The number of fused-ring (bicyclic) bond motifs is 1. The average molecular weight is 346 g/mol. The van der Waals surface area contributed by atoms with Crippen LogP contribution >= 0.6 is 0 Å². The molecule has 0 radical (unpaired) electrons. The summed E-state index contributed by atoms with van der Waals surface area (Å²) in [6, 6.07) is 0. The number of nitrogens with zero attached hydrogens (tertiary/aromatic N) is 3. The highest BCUT2D eigenvalue weighted by molar-refractivity contribution is 5.74. The van der Waals surface area contributed by atoms with Crippen molar-refractivity contribution >= 4 is 5.96 Å². The number of unbranched alkanes of at least 4 members (excludes halogenated alkanes) is 1. The van der Waals surface area contributed by atoms with Crippen molar-refractivity contribution in [1.82, 2.24) is 4.90 Å². The Kier molecular flexibility index (Phi) is 7.52. The quantitative estimate of drug-likeness (QED) is 0.624. The molecule has 0 spiro atoms. The van der Waals surface area contributed by atoms with Crippen molar-refractivity contribution in [3.8, 4) is 0 Å². The van der Waals surface area contributed by atoms with E-state index in [1.165, 1.54) is 70.7 Å². The van der Waals surface area contributed by atoms with Gasteiger partial charge in [0.1, 0.15) is 0 Å². The molecule has 2 unspecified atom stereocenters. The maximum absolute atomic E-state index is 4.89. The van der Waals surface area contributed by atoms with Gasteiger partial charge in [-0.15, -0.1) is 0 Å². The van der Waals surface area contributed by atoms with Crippen LogP contribution in [0.2, 0.25) is 0 Å². The number of aliphatic imine (C=N–C) groups is 1. The molecule has 4 heteroatoms. The molecule has 0 aromatic rings. The van der Waals surface area contributed by atoms with E-state index in [1.807, 2.05) is 0 Å². The second-order valence-electron chi connectivity index (χ2n) is 6.59. The third-order valence-electron chi connectivity index (χ3n) is 4.89. The van der Waals surface area contributed by atoms with Crippen molar-refractivity contribution in [2.24, 2.45) is 10.9 Å². The molecule has 0 bridgehead atoms. The molecule has 0 amide bonds. The van der Waals surface area contributed by atoms with E-state index in [9.17, 15) is 0 Å². The Morgan fingerprint density at radius 3 is 2.70 bits per heavy atom. The minimum absolute atomic E-state index is 0. The lowest BCUT2D eigenvalue weighted by atomic mass is 9.97. The van der Waals surface area contributed by atoms with Gasteiger partial charge in [0, 0.05) is 32.0 Å². The van der Waals surface area contributed by atoms with Crippen LogP contribution in [0.5, 0.6) is 0 Å². The van der Waals surface area contributed by atoms with Crippen molar-refractivity contribution < 1.29 is 21.5 Å². The second-order valence-corrected chi connectivity index (χ2v) is 6.59. The molecule has 118 valence electrons. The Balaban J connectivity index is 0.00000200. The number of quaternary nitrogens is 1. The van der Waals surface area contributed by atoms with E-state index < -0.39 is 0 Å². The zero-order valence-electron chi connectivity index (χ0n) is 13.6. The third kappa shape index (κ3) is 4.20. The molecule has 0 saturated carbocycles. The van der Waals surface area contributed by atoms with Crippen LogP contribution in [-0.4, -0.2) is 55.1 Å². The molecule has 2 heterocycles. The number of hydrogen-bond donors (Lipinski definition) is 0. The summed E-state index contributed by atoms with van der Waals surface area (Å²) in [5.74, 6) is 2.27. The smallest absolute Gasteiger partial charge is 0.300 e. The highest BCUT2D eigenvalue weighted by Crippen LogP contribution is 2.25. The number of rotatable bonds is 6. The molecule has 20 heavy (non-hydrogen) atoms.